The van der Waals surface area contributed by atoms with E-state index in [9.17, 15) is 8.42 Å². The molecule has 1 saturated heterocycles. The Kier molecular flexibility index (Phi) is 4.62. The van der Waals surface area contributed by atoms with Gasteiger partial charge in [-0.2, -0.15) is 0 Å². The Labute approximate surface area is 115 Å². The van der Waals surface area contributed by atoms with Crippen LogP contribution in [0.15, 0.2) is 12.4 Å². The van der Waals surface area contributed by atoms with E-state index in [1.165, 1.54) is 0 Å². The summed E-state index contributed by atoms with van der Waals surface area (Å²) in [5, 5.41) is 3.28. The summed E-state index contributed by atoms with van der Waals surface area (Å²) in [6, 6.07) is 0.139. The van der Waals surface area contributed by atoms with Gasteiger partial charge in [0.25, 0.3) is 0 Å². The van der Waals surface area contributed by atoms with Gasteiger partial charge in [-0.15, -0.1) is 0 Å². The Morgan fingerprint density at radius 2 is 2.37 bits per heavy atom. The molecule has 2 heterocycles. The van der Waals surface area contributed by atoms with Crippen LogP contribution in [-0.4, -0.2) is 36.5 Å². The molecule has 1 aliphatic heterocycles. The van der Waals surface area contributed by atoms with Crippen LogP contribution in [0, 0.1) is 5.92 Å². The highest BCUT2D eigenvalue weighted by Gasteiger charge is 2.30. The summed E-state index contributed by atoms with van der Waals surface area (Å²) in [6.45, 7) is 3.10. The number of hydrogen-bond acceptors (Lipinski definition) is 4. The number of nitrogens with one attached hydrogen (secondary N) is 1. The number of aromatic nitrogens is 2. The van der Waals surface area contributed by atoms with E-state index in [-0.39, 0.29) is 12.0 Å². The standard InChI is InChI=1S/C13H23N3O2S/c1-3-6-16-7-5-15-13(16)12(14-2)9-11-4-8-19(17,18)10-11/h5,7,11-12,14H,3-4,6,8-10H2,1-2H3. The molecule has 1 aromatic heterocycles. The van der Waals surface area contributed by atoms with Gasteiger partial charge in [0.1, 0.15) is 5.82 Å². The lowest BCUT2D eigenvalue weighted by molar-refractivity contribution is 0.408. The van der Waals surface area contributed by atoms with Crippen LogP contribution in [-0.2, 0) is 16.4 Å². The zero-order valence-electron chi connectivity index (χ0n) is 11.7. The van der Waals surface area contributed by atoms with Crippen molar-refractivity contribution in [2.24, 2.45) is 5.92 Å². The summed E-state index contributed by atoms with van der Waals surface area (Å²) in [6.07, 6.45) is 6.51. The minimum atomic E-state index is -2.79. The second kappa shape index (κ2) is 6.05. The summed E-state index contributed by atoms with van der Waals surface area (Å²) in [4.78, 5) is 4.44. The molecular weight excluding hydrogens is 262 g/mol. The molecule has 1 N–H and O–H groups in total. The van der Waals surface area contributed by atoms with E-state index in [0.29, 0.717) is 11.5 Å². The van der Waals surface area contributed by atoms with E-state index in [0.717, 1.165) is 31.6 Å². The number of hydrogen-bond donors (Lipinski definition) is 1. The molecule has 0 bridgehead atoms. The molecule has 0 aromatic carbocycles. The van der Waals surface area contributed by atoms with Crippen molar-refractivity contribution < 1.29 is 8.42 Å². The lowest BCUT2D eigenvalue weighted by Gasteiger charge is -2.20. The van der Waals surface area contributed by atoms with Crippen molar-refractivity contribution in [3.8, 4) is 0 Å². The minimum Gasteiger partial charge on any atom is -0.334 e. The van der Waals surface area contributed by atoms with Crippen LogP contribution in [0.3, 0.4) is 0 Å². The highest BCUT2D eigenvalue weighted by atomic mass is 32.2. The molecule has 19 heavy (non-hydrogen) atoms. The maximum atomic E-state index is 11.5. The van der Waals surface area contributed by atoms with E-state index in [2.05, 4.69) is 21.8 Å². The predicted octanol–water partition coefficient (Wildman–Crippen LogP) is 1.38. The quantitative estimate of drug-likeness (QED) is 0.857. The van der Waals surface area contributed by atoms with Gasteiger partial charge in [0.2, 0.25) is 0 Å². The Bertz CT molecular complexity index is 510. The first kappa shape index (κ1) is 14.5. The maximum Gasteiger partial charge on any atom is 0.150 e. The first-order valence-electron chi connectivity index (χ1n) is 6.94. The molecule has 1 fully saturated rings. The molecule has 5 nitrogen and oxygen atoms in total. The van der Waals surface area contributed by atoms with Crippen LogP contribution in [0.5, 0.6) is 0 Å². The third kappa shape index (κ3) is 3.57. The van der Waals surface area contributed by atoms with Gasteiger partial charge in [0, 0.05) is 18.9 Å². The van der Waals surface area contributed by atoms with Crippen molar-refractivity contribution in [2.45, 2.75) is 38.8 Å². The second-order valence-electron chi connectivity index (χ2n) is 5.32. The average Bonchev–Trinajstić information content (AvgIpc) is 2.93. The molecule has 2 rings (SSSR count). The Morgan fingerprint density at radius 3 is 2.95 bits per heavy atom. The molecule has 2 unspecified atom stereocenters. The lowest BCUT2D eigenvalue weighted by atomic mass is 9.99. The van der Waals surface area contributed by atoms with Gasteiger partial charge in [0.15, 0.2) is 9.84 Å². The molecule has 0 saturated carbocycles. The van der Waals surface area contributed by atoms with Gasteiger partial charge in [-0.3, -0.25) is 0 Å². The zero-order chi connectivity index (χ0) is 13.9. The molecule has 6 heteroatoms. The molecular formula is C13H23N3O2S. The van der Waals surface area contributed by atoms with E-state index in [1.807, 2.05) is 19.4 Å². The largest absolute Gasteiger partial charge is 0.334 e. The predicted molar refractivity (Wildman–Crippen MR) is 75.7 cm³/mol. The number of nitrogens with zero attached hydrogens (tertiary/aromatic N) is 2. The van der Waals surface area contributed by atoms with Gasteiger partial charge in [-0.1, -0.05) is 6.92 Å². The smallest absolute Gasteiger partial charge is 0.150 e. The average molecular weight is 285 g/mol. The maximum absolute atomic E-state index is 11.5. The molecule has 0 aliphatic carbocycles. The monoisotopic (exact) mass is 285 g/mol. The topological polar surface area (TPSA) is 64.0 Å². The highest BCUT2D eigenvalue weighted by Crippen LogP contribution is 2.28. The molecule has 0 radical (unpaired) electrons. The van der Waals surface area contributed by atoms with Crippen molar-refractivity contribution in [3.63, 3.8) is 0 Å². The van der Waals surface area contributed by atoms with Gasteiger partial charge < -0.3 is 9.88 Å². The van der Waals surface area contributed by atoms with Gasteiger partial charge in [-0.25, -0.2) is 13.4 Å². The third-order valence-electron chi connectivity index (χ3n) is 3.77. The van der Waals surface area contributed by atoms with Gasteiger partial charge in [-0.05, 0) is 32.2 Å². The van der Waals surface area contributed by atoms with Crippen molar-refractivity contribution in [2.75, 3.05) is 18.6 Å². The second-order valence-corrected chi connectivity index (χ2v) is 7.55. The molecule has 0 spiro atoms. The van der Waals surface area contributed by atoms with Crippen LogP contribution in [0.1, 0.15) is 38.1 Å². The third-order valence-corrected chi connectivity index (χ3v) is 5.61. The van der Waals surface area contributed by atoms with Crippen LogP contribution in [0.25, 0.3) is 0 Å². The van der Waals surface area contributed by atoms with E-state index >= 15 is 0 Å². The van der Waals surface area contributed by atoms with Crippen molar-refractivity contribution in [3.05, 3.63) is 18.2 Å². The number of aryl methyl sites for hydroxylation is 1. The van der Waals surface area contributed by atoms with Gasteiger partial charge >= 0.3 is 0 Å². The van der Waals surface area contributed by atoms with Crippen LogP contribution in [0.2, 0.25) is 0 Å². The zero-order valence-corrected chi connectivity index (χ0v) is 12.5. The molecule has 1 aliphatic rings. The SMILES string of the molecule is CCCn1ccnc1C(CC1CCS(=O)(=O)C1)NC. The van der Waals surface area contributed by atoms with Crippen molar-refractivity contribution in [1.29, 1.82) is 0 Å². The number of sulfone groups is 1. The van der Waals surface area contributed by atoms with Crippen molar-refractivity contribution >= 4 is 9.84 Å². The molecule has 0 amide bonds. The highest BCUT2D eigenvalue weighted by molar-refractivity contribution is 7.91. The normalized spacial score (nSPS) is 23.6. The van der Waals surface area contributed by atoms with Gasteiger partial charge in [0.05, 0.1) is 17.5 Å². The van der Waals surface area contributed by atoms with E-state index < -0.39 is 9.84 Å². The molecule has 108 valence electrons. The first-order chi connectivity index (χ1) is 9.05. The fraction of sp³-hybridized carbons (Fsp3) is 0.769. The van der Waals surface area contributed by atoms with Crippen molar-refractivity contribution in [1.82, 2.24) is 14.9 Å². The number of imidazole rings is 1. The summed E-state index contributed by atoms with van der Waals surface area (Å²) in [7, 11) is -0.878. The Morgan fingerprint density at radius 1 is 1.58 bits per heavy atom. The summed E-state index contributed by atoms with van der Waals surface area (Å²) in [5.74, 6) is 1.96. The van der Waals surface area contributed by atoms with E-state index in [4.69, 9.17) is 0 Å². The summed E-state index contributed by atoms with van der Waals surface area (Å²) < 4.78 is 25.2. The summed E-state index contributed by atoms with van der Waals surface area (Å²) in [5.41, 5.74) is 0. The number of rotatable bonds is 6. The molecule has 1 aromatic rings. The molecule has 2 atom stereocenters. The minimum absolute atomic E-state index is 0.139. The fourth-order valence-electron chi connectivity index (χ4n) is 2.80. The van der Waals surface area contributed by atoms with Crippen LogP contribution >= 0.6 is 0 Å². The summed E-state index contributed by atoms with van der Waals surface area (Å²) >= 11 is 0. The lowest BCUT2D eigenvalue weighted by Crippen LogP contribution is -2.24. The first-order valence-corrected chi connectivity index (χ1v) is 8.76. The fourth-order valence-corrected chi connectivity index (χ4v) is 4.68. The Hall–Kier alpha value is -0.880. The van der Waals surface area contributed by atoms with Crippen LogP contribution in [0.4, 0.5) is 0 Å². The Balaban J connectivity index is 2.06. The van der Waals surface area contributed by atoms with Crippen LogP contribution < -0.4 is 5.32 Å². The van der Waals surface area contributed by atoms with E-state index in [1.54, 1.807) is 0 Å².